The van der Waals surface area contributed by atoms with E-state index in [0.717, 1.165) is 31.6 Å². The normalized spacial score (nSPS) is 18.5. The molecule has 2 aliphatic heterocycles. The molecule has 2 saturated heterocycles. The minimum absolute atomic E-state index is 0.0558. The van der Waals surface area contributed by atoms with Crippen LogP contribution >= 0.6 is 0 Å². The number of ether oxygens (including phenoxy) is 2. The Morgan fingerprint density at radius 3 is 2.65 bits per heavy atom. The molecule has 8 heteroatoms. The SMILES string of the molecule is CCOC(=O)N1CCC(NC(=O)c2cncc(N3CCOCC3)c2)CC1. The highest BCUT2D eigenvalue weighted by molar-refractivity contribution is 5.95. The van der Waals surface area contributed by atoms with Gasteiger partial charge < -0.3 is 24.6 Å². The molecule has 0 aromatic carbocycles. The zero-order valence-electron chi connectivity index (χ0n) is 15.1. The highest BCUT2D eigenvalue weighted by Crippen LogP contribution is 2.17. The number of morpholine rings is 1. The molecule has 1 aromatic heterocycles. The van der Waals surface area contributed by atoms with Crippen molar-refractivity contribution in [3.8, 4) is 0 Å². The number of aromatic nitrogens is 1. The maximum Gasteiger partial charge on any atom is 0.409 e. The molecule has 2 fully saturated rings. The minimum Gasteiger partial charge on any atom is -0.450 e. The van der Waals surface area contributed by atoms with Gasteiger partial charge in [-0.3, -0.25) is 9.78 Å². The Balaban J connectivity index is 1.53. The molecule has 3 heterocycles. The number of nitrogens with zero attached hydrogens (tertiary/aromatic N) is 3. The van der Waals surface area contributed by atoms with Crippen LogP contribution in [0.3, 0.4) is 0 Å². The molecule has 0 bridgehead atoms. The van der Waals surface area contributed by atoms with Crippen molar-refractivity contribution in [3.05, 3.63) is 24.0 Å². The van der Waals surface area contributed by atoms with Crippen molar-refractivity contribution in [1.29, 1.82) is 0 Å². The fraction of sp³-hybridized carbons (Fsp3) is 0.611. The van der Waals surface area contributed by atoms with Crippen molar-refractivity contribution >= 4 is 17.7 Å². The van der Waals surface area contributed by atoms with Gasteiger partial charge >= 0.3 is 6.09 Å². The predicted octanol–water partition coefficient (Wildman–Crippen LogP) is 1.27. The third kappa shape index (κ3) is 4.63. The standard InChI is InChI=1S/C18H26N4O4/c1-2-26-18(24)22-5-3-15(4-6-22)20-17(23)14-11-16(13-19-12-14)21-7-9-25-10-8-21/h11-13,15H,2-10H2,1H3,(H,20,23). The average molecular weight is 362 g/mol. The van der Waals surface area contributed by atoms with E-state index in [1.807, 2.05) is 6.07 Å². The zero-order chi connectivity index (χ0) is 18.4. The Hall–Kier alpha value is -2.35. The van der Waals surface area contributed by atoms with Gasteiger partial charge in [-0.2, -0.15) is 0 Å². The van der Waals surface area contributed by atoms with Crippen LogP contribution in [0.2, 0.25) is 0 Å². The van der Waals surface area contributed by atoms with E-state index in [4.69, 9.17) is 9.47 Å². The van der Waals surface area contributed by atoms with Crippen molar-refractivity contribution in [2.75, 3.05) is 50.9 Å². The average Bonchev–Trinajstić information content (AvgIpc) is 2.69. The molecular formula is C18H26N4O4. The van der Waals surface area contributed by atoms with Crippen LogP contribution in [0, 0.1) is 0 Å². The third-order valence-electron chi connectivity index (χ3n) is 4.72. The summed E-state index contributed by atoms with van der Waals surface area (Å²) in [6, 6.07) is 1.93. The number of carbonyl (C=O) groups is 2. The number of hydrogen-bond acceptors (Lipinski definition) is 6. The van der Waals surface area contributed by atoms with E-state index in [-0.39, 0.29) is 18.0 Å². The summed E-state index contributed by atoms with van der Waals surface area (Å²) >= 11 is 0. The number of anilines is 1. The lowest BCUT2D eigenvalue weighted by molar-refractivity contribution is 0.0860. The molecule has 0 radical (unpaired) electrons. The van der Waals surface area contributed by atoms with Gasteiger partial charge in [0.1, 0.15) is 0 Å². The summed E-state index contributed by atoms with van der Waals surface area (Å²) in [5.74, 6) is -0.123. The lowest BCUT2D eigenvalue weighted by Crippen LogP contribution is -2.46. The minimum atomic E-state index is -0.278. The number of hydrogen-bond donors (Lipinski definition) is 1. The van der Waals surface area contributed by atoms with Crippen LogP contribution in [-0.4, -0.2) is 73.9 Å². The molecule has 2 amide bonds. The molecule has 8 nitrogen and oxygen atoms in total. The van der Waals surface area contributed by atoms with Crippen molar-refractivity contribution in [2.45, 2.75) is 25.8 Å². The van der Waals surface area contributed by atoms with E-state index in [1.54, 1.807) is 24.2 Å². The van der Waals surface area contributed by atoms with Crippen LogP contribution in [0.4, 0.5) is 10.5 Å². The lowest BCUT2D eigenvalue weighted by atomic mass is 10.0. The Morgan fingerprint density at radius 1 is 1.23 bits per heavy atom. The van der Waals surface area contributed by atoms with Gasteiger partial charge in [0.2, 0.25) is 0 Å². The maximum absolute atomic E-state index is 12.6. The first kappa shape index (κ1) is 18.4. The first-order chi connectivity index (χ1) is 12.7. The van der Waals surface area contributed by atoms with Gasteiger partial charge in [-0.1, -0.05) is 0 Å². The smallest absolute Gasteiger partial charge is 0.409 e. The predicted molar refractivity (Wildman–Crippen MR) is 96.4 cm³/mol. The molecule has 0 saturated carbocycles. The van der Waals surface area contributed by atoms with Crippen molar-refractivity contribution in [3.63, 3.8) is 0 Å². The first-order valence-electron chi connectivity index (χ1n) is 9.17. The zero-order valence-corrected chi connectivity index (χ0v) is 15.1. The summed E-state index contributed by atoms with van der Waals surface area (Å²) in [6.45, 7) is 6.35. The molecule has 1 N–H and O–H groups in total. The number of amides is 2. The summed E-state index contributed by atoms with van der Waals surface area (Å²) in [7, 11) is 0. The number of likely N-dealkylation sites (tertiary alicyclic amines) is 1. The van der Waals surface area contributed by atoms with Gasteiger partial charge in [0, 0.05) is 38.4 Å². The number of pyridine rings is 1. The Morgan fingerprint density at radius 2 is 1.96 bits per heavy atom. The molecule has 1 aromatic rings. The highest BCUT2D eigenvalue weighted by atomic mass is 16.6. The number of rotatable bonds is 4. The molecule has 0 aliphatic carbocycles. The van der Waals surface area contributed by atoms with Crippen LogP contribution in [0.1, 0.15) is 30.1 Å². The molecular weight excluding hydrogens is 336 g/mol. The van der Waals surface area contributed by atoms with Gasteiger partial charge in [-0.15, -0.1) is 0 Å². The second-order valence-corrected chi connectivity index (χ2v) is 6.46. The molecule has 0 atom stereocenters. The molecule has 26 heavy (non-hydrogen) atoms. The molecule has 0 unspecified atom stereocenters. The Kier molecular flexibility index (Phi) is 6.27. The van der Waals surface area contributed by atoms with E-state index < -0.39 is 0 Å². The first-order valence-corrected chi connectivity index (χ1v) is 9.17. The quantitative estimate of drug-likeness (QED) is 0.868. The number of piperidine rings is 1. The van der Waals surface area contributed by atoms with Crippen LogP contribution in [0.25, 0.3) is 0 Å². The van der Waals surface area contributed by atoms with Crippen LogP contribution in [-0.2, 0) is 9.47 Å². The van der Waals surface area contributed by atoms with Crippen molar-refractivity contribution < 1.29 is 19.1 Å². The summed E-state index contributed by atoms with van der Waals surface area (Å²) < 4.78 is 10.4. The van der Waals surface area contributed by atoms with Crippen molar-refractivity contribution in [2.24, 2.45) is 0 Å². The second kappa shape index (κ2) is 8.84. The van der Waals surface area contributed by atoms with Gasteiger partial charge in [0.05, 0.1) is 37.3 Å². The largest absolute Gasteiger partial charge is 0.450 e. The van der Waals surface area contributed by atoms with E-state index in [0.29, 0.717) is 38.5 Å². The van der Waals surface area contributed by atoms with Crippen LogP contribution in [0.15, 0.2) is 18.5 Å². The third-order valence-corrected chi connectivity index (χ3v) is 4.72. The summed E-state index contributed by atoms with van der Waals surface area (Å²) in [6.07, 6.45) is 4.54. The monoisotopic (exact) mass is 362 g/mol. The number of nitrogens with one attached hydrogen (secondary N) is 1. The molecule has 0 spiro atoms. The summed E-state index contributed by atoms with van der Waals surface area (Å²) in [4.78, 5) is 32.4. The van der Waals surface area contributed by atoms with Crippen molar-refractivity contribution in [1.82, 2.24) is 15.2 Å². The fourth-order valence-corrected chi connectivity index (χ4v) is 3.24. The molecule has 2 aliphatic rings. The molecule has 3 rings (SSSR count). The number of carbonyl (C=O) groups excluding carboxylic acids is 2. The van der Waals surface area contributed by atoms with E-state index in [9.17, 15) is 9.59 Å². The highest BCUT2D eigenvalue weighted by Gasteiger charge is 2.25. The van der Waals surface area contributed by atoms with Gasteiger partial charge in [0.25, 0.3) is 5.91 Å². The Labute approximate surface area is 153 Å². The van der Waals surface area contributed by atoms with E-state index in [2.05, 4.69) is 15.2 Å². The fourth-order valence-electron chi connectivity index (χ4n) is 3.24. The molecule has 142 valence electrons. The Bertz CT molecular complexity index is 625. The van der Waals surface area contributed by atoms with Gasteiger partial charge in [-0.25, -0.2) is 4.79 Å². The second-order valence-electron chi connectivity index (χ2n) is 6.46. The van der Waals surface area contributed by atoms with Gasteiger partial charge in [0.15, 0.2) is 0 Å². The topological polar surface area (TPSA) is 84.0 Å². The summed E-state index contributed by atoms with van der Waals surface area (Å²) in [5, 5.41) is 3.06. The van der Waals surface area contributed by atoms with E-state index >= 15 is 0 Å². The van der Waals surface area contributed by atoms with E-state index in [1.165, 1.54) is 0 Å². The lowest BCUT2D eigenvalue weighted by Gasteiger charge is -2.31. The summed E-state index contributed by atoms with van der Waals surface area (Å²) in [5.41, 5.74) is 1.50. The van der Waals surface area contributed by atoms with Crippen LogP contribution in [0.5, 0.6) is 0 Å². The van der Waals surface area contributed by atoms with Gasteiger partial charge in [-0.05, 0) is 25.8 Å². The maximum atomic E-state index is 12.6. The van der Waals surface area contributed by atoms with Crippen LogP contribution < -0.4 is 10.2 Å².